The van der Waals surface area contributed by atoms with Gasteiger partial charge in [-0.1, -0.05) is 6.92 Å². The molecule has 4 heteroatoms. The predicted molar refractivity (Wildman–Crippen MR) is 64.1 cm³/mol. The van der Waals surface area contributed by atoms with E-state index in [1.807, 2.05) is 25.7 Å². The zero-order valence-corrected chi connectivity index (χ0v) is 10.0. The number of nitrogens with zero attached hydrogens (tertiary/aromatic N) is 2. The zero-order chi connectivity index (χ0) is 12.1. The highest BCUT2D eigenvalue weighted by Gasteiger charge is 2.16. The molecule has 1 aromatic heterocycles. The summed E-state index contributed by atoms with van der Waals surface area (Å²) in [5.74, 6) is -0.348. The normalized spacial score (nSPS) is 10.2. The molecule has 1 N–H and O–H groups in total. The molecular formula is C12H18N2O2. The molecule has 0 spiro atoms. The number of aromatic carboxylic acids is 1. The second-order valence-electron chi connectivity index (χ2n) is 3.55. The maximum absolute atomic E-state index is 11.2. The van der Waals surface area contributed by atoms with Crippen LogP contribution in [0.2, 0.25) is 0 Å². The van der Waals surface area contributed by atoms with Gasteiger partial charge in [0.25, 0.3) is 0 Å². The molecule has 0 bridgehead atoms. The monoisotopic (exact) mass is 222 g/mol. The van der Waals surface area contributed by atoms with Crippen molar-refractivity contribution in [2.24, 2.45) is 0 Å². The lowest BCUT2D eigenvalue weighted by Crippen LogP contribution is -2.25. The average Bonchev–Trinajstić information content (AvgIpc) is 2.30. The minimum atomic E-state index is -0.912. The first-order valence-corrected chi connectivity index (χ1v) is 5.61. The van der Waals surface area contributed by atoms with E-state index in [9.17, 15) is 4.79 Å². The highest BCUT2D eigenvalue weighted by molar-refractivity contribution is 5.93. The van der Waals surface area contributed by atoms with Gasteiger partial charge < -0.3 is 10.0 Å². The van der Waals surface area contributed by atoms with Gasteiger partial charge in [0.15, 0.2) is 0 Å². The van der Waals surface area contributed by atoms with Crippen molar-refractivity contribution in [3.8, 4) is 0 Å². The fraction of sp³-hybridized carbons (Fsp3) is 0.500. The second kappa shape index (κ2) is 5.49. The molecule has 0 aliphatic carbocycles. The maximum Gasteiger partial charge on any atom is 0.339 e. The SMILES string of the molecule is CCc1cnc(N(CC)CC)c(C(=O)O)c1. The Morgan fingerprint density at radius 3 is 2.44 bits per heavy atom. The summed E-state index contributed by atoms with van der Waals surface area (Å²) in [6.07, 6.45) is 2.55. The first-order chi connectivity index (χ1) is 7.63. The van der Waals surface area contributed by atoms with Gasteiger partial charge in [-0.05, 0) is 31.9 Å². The van der Waals surface area contributed by atoms with Crippen molar-refractivity contribution in [1.82, 2.24) is 4.98 Å². The van der Waals surface area contributed by atoms with Crippen molar-refractivity contribution in [2.75, 3.05) is 18.0 Å². The summed E-state index contributed by atoms with van der Waals surface area (Å²) < 4.78 is 0. The van der Waals surface area contributed by atoms with Crippen LogP contribution in [-0.4, -0.2) is 29.1 Å². The van der Waals surface area contributed by atoms with Crippen LogP contribution in [0.3, 0.4) is 0 Å². The Labute approximate surface area is 95.9 Å². The molecular weight excluding hydrogens is 204 g/mol. The quantitative estimate of drug-likeness (QED) is 0.829. The van der Waals surface area contributed by atoms with Gasteiger partial charge in [-0.15, -0.1) is 0 Å². The smallest absolute Gasteiger partial charge is 0.339 e. The van der Waals surface area contributed by atoms with Gasteiger partial charge in [-0.2, -0.15) is 0 Å². The van der Waals surface area contributed by atoms with Crippen LogP contribution in [0.4, 0.5) is 5.82 Å². The lowest BCUT2D eigenvalue weighted by atomic mass is 10.1. The van der Waals surface area contributed by atoms with E-state index in [0.717, 1.165) is 25.1 Å². The third kappa shape index (κ3) is 2.51. The van der Waals surface area contributed by atoms with Gasteiger partial charge in [0.2, 0.25) is 0 Å². The molecule has 0 saturated carbocycles. The lowest BCUT2D eigenvalue weighted by molar-refractivity contribution is 0.0697. The van der Waals surface area contributed by atoms with E-state index in [1.165, 1.54) is 0 Å². The third-order valence-corrected chi connectivity index (χ3v) is 2.62. The molecule has 0 saturated heterocycles. The summed E-state index contributed by atoms with van der Waals surface area (Å²) in [5, 5.41) is 9.16. The van der Waals surface area contributed by atoms with Gasteiger partial charge in [-0.3, -0.25) is 0 Å². The molecule has 1 rings (SSSR count). The van der Waals surface area contributed by atoms with Crippen molar-refractivity contribution in [1.29, 1.82) is 0 Å². The number of hydrogen-bond acceptors (Lipinski definition) is 3. The Bertz CT molecular complexity index is 373. The van der Waals surface area contributed by atoms with E-state index in [0.29, 0.717) is 11.4 Å². The molecule has 0 fully saturated rings. The van der Waals surface area contributed by atoms with Crippen molar-refractivity contribution < 1.29 is 9.90 Å². The van der Waals surface area contributed by atoms with Crippen LogP contribution in [0, 0.1) is 0 Å². The Morgan fingerprint density at radius 2 is 2.00 bits per heavy atom. The Morgan fingerprint density at radius 1 is 1.38 bits per heavy atom. The number of carboxylic acids is 1. The van der Waals surface area contributed by atoms with E-state index >= 15 is 0 Å². The fourth-order valence-electron chi connectivity index (χ4n) is 1.63. The molecule has 0 amide bonds. The van der Waals surface area contributed by atoms with Crippen LogP contribution in [0.1, 0.15) is 36.7 Å². The van der Waals surface area contributed by atoms with Crippen molar-refractivity contribution in [3.05, 3.63) is 23.4 Å². The van der Waals surface area contributed by atoms with Crippen molar-refractivity contribution >= 4 is 11.8 Å². The predicted octanol–water partition coefficient (Wildman–Crippen LogP) is 2.19. The largest absolute Gasteiger partial charge is 0.478 e. The number of carboxylic acid groups (broad SMARTS) is 1. The van der Waals surface area contributed by atoms with Crippen LogP contribution in [0.25, 0.3) is 0 Å². The molecule has 0 aliphatic rings. The zero-order valence-electron chi connectivity index (χ0n) is 10.0. The third-order valence-electron chi connectivity index (χ3n) is 2.62. The summed E-state index contributed by atoms with van der Waals surface area (Å²) in [6.45, 7) is 7.49. The number of anilines is 1. The van der Waals surface area contributed by atoms with Crippen molar-refractivity contribution in [2.45, 2.75) is 27.2 Å². The minimum Gasteiger partial charge on any atom is -0.478 e. The van der Waals surface area contributed by atoms with E-state index in [2.05, 4.69) is 4.98 Å². The van der Waals surface area contributed by atoms with Crippen LogP contribution in [0.15, 0.2) is 12.3 Å². The highest BCUT2D eigenvalue weighted by atomic mass is 16.4. The second-order valence-corrected chi connectivity index (χ2v) is 3.55. The summed E-state index contributed by atoms with van der Waals surface area (Å²) in [5.41, 5.74) is 1.25. The van der Waals surface area contributed by atoms with Crippen molar-refractivity contribution in [3.63, 3.8) is 0 Å². The average molecular weight is 222 g/mol. The highest BCUT2D eigenvalue weighted by Crippen LogP contribution is 2.19. The Balaban J connectivity index is 3.21. The van der Waals surface area contributed by atoms with Gasteiger partial charge in [-0.25, -0.2) is 9.78 Å². The molecule has 0 aromatic carbocycles. The summed E-state index contributed by atoms with van der Waals surface area (Å²) >= 11 is 0. The number of carbonyl (C=O) groups is 1. The molecule has 0 unspecified atom stereocenters. The van der Waals surface area contributed by atoms with Crippen LogP contribution in [-0.2, 0) is 6.42 Å². The molecule has 0 aliphatic heterocycles. The first-order valence-electron chi connectivity index (χ1n) is 5.61. The van der Waals surface area contributed by atoms with Gasteiger partial charge in [0.1, 0.15) is 11.4 Å². The molecule has 88 valence electrons. The number of aromatic nitrogens is 1. The van der Waals surface area contributed by atoms with Gasteiger partial charge in [0, 0.05) is 19.3 Å². The lowest BCUT2D eigenvalue weighted by Gasteiger charge is -2.21. The topological polar surface area (TPSA) is 53.4 Å². The van der Waals surface area contributed by atoms with Crippen LogP contribution < -0.4 is 4.90 Å². The number of hydrogen-bond donors (Lipinski definition) is 1. The van der Waals surface area contributed by atoms with Gasteiger partial charge in [0.05, 0.1) is 0 Å². The number of rotatable bonds is 5. The standard InChI is InChI=1S/C12H18N2O2/c1-4-9-7-10(12(15)16)11(13-8-9)14(5-2)6-3/h7-8H,4-6H2,1-3H3,(H,15,16). The van der Waals surface area contributed by atoms with Crippen LogP contribution >= 0.6 is 0 Å². The molecule has 1 heterocycles. The fourth-order valence-corrected chi connectivity index (χ4v) is 1.63. The molecule has 0 atom stereocenters. The molecule has 0 radical (unpaired) electrons. The molecule has 4 nitrogen and oxygen atoms in total. The number of aryl methyl sites for hydroxylation is 1. The van der Waals surface area contributed by atoms with E-state index < -0.39 is 5.97 Å². The van der Waals surface area contributed by atoms with Gasteiger partial charge >= 0.3 is 5.97 Å². The van der Waals surface area contributed by atoms with E-state index in [4.69, 9.17) is 5.11 Å². The number of pyridine rings is 1. The van der Waals surface area contributed by atoms with Crippen LogP contribution in [0.5, 0.6) is 0 Å². The molecule has 16 heavy (non-hydrogen) atoms. The first kappa shape index (κ1) is 12.5. The summed E-state index contributed by atoms with van der Waals surface area (Å²) in [6, 6.07) is 1.71. The minimum absolute atomic E-state index is 0.294. The Kier molecular flexibility index (Phi) is 4.28. The summed E-state index contributed by atoms with van der Waals surface area (Å²) in [7, 11) is 0. The Hall–Kier alpha value is -1.58. The summed E-state index contributed by atoms with van der Waals surface area (Å²) in [4.78, 5) is 17.4. The van der Waals surface area contributed by atoms with E-state index in [1.54, 1.807) is 12.3 Å². The molecule has 1 aromatic rings. The van der Waals surface area contributed by atoms with E-state index in [-0.39, 0.29) is 0 Å². The maximum atomic E-state index is 11.2.